The molecule has 0 N–H and O–H groups in total. The number of carbonyl (C=O) groups excluding carboxylic acids is 2. The van der Waals surface area contributed by atoms with E-state index in [9.17, 15) is 9.59 Å². The molecule has 0 spiro atoms. The second kappa shape index (κ2) is 44.3. The van der Waals surface area contributed by atoms with E-state index in [1.165, 1.54) is 238 Å². The fourth-order valence-electron chi connectivity index (χ4n) is 7.45. The fraction of sp³-hybridized carbons (Fsp3) is 0.957. The standard InChI is InChI=1S/C47H92O3/c1-3-5-7-9-11-13-15-17-19-21-23-25-27-29-31-33-35-37-39-41-43-45-47(49)50-46(48)44-42-40-38-36-34-32-30-28-26-24-22-20-18-16-14-12-10-8-6-4-2/h3-45H2,1-2H3. The molecular weight excluding hydrogens is 613 g/mol. The van der Waals surface area contributed by atoms with Gasteiger partial charge in [-0.2, -0.15) is 0 Å². The third kappa shape index (κ3) is 43.3. The summed E-state index contributed by atoms with van der Waals surface area (Å²) in [5.41, 5.74) is 0. The van der Waals surface area contributed by atoms with E-state index in [-0.39, 0.29) is 11.9 Å². The minimum atomic E-state index is -0.319. The third-order valence-electron chi connectivity index (χ3n) is 10.9. The van der Waals surface area contributed by atoms with Crippen molar-refractivity contribution in [3.8, 4) is 0 Å². The van der Waals surface area contributed by atoms with Crippen LogP contribution in [0.25, 0.3) is 0 Å². The van der Waals surface area contributed by atoms with Crippen LogP contribution in [0.5, 0.6) is 0 Å². The van der Waals surface area contributed by atoms with Crippen LogP contribution in [0.2, 0.25) is 0 Å². The SMILES string of the molecule is CCCCCCCCCCCCCCCCCCCCCCCC(=O)OC(=O)CCCCCCCCCCCCCCCCCCCCCC. The van der Waals surface area contributed by atoms with Gasteiger partial charge in [0.2, 0.25) is 0 Å². The second-order valence-corrected chi connectivity index (χ2v) is 16.1. The molecule has 0 radical (unpaired) electrons. The van der Waals surface area contributed by atoms with Crippen molar-refractivity contribution >= 4 is 11.9 Å². The van der Waals surface area contributed by atoms with Crippen LogP contribution in [0.3, 0.4) is 0 Å². The van der Waals surface area contributed by atoms with Gasteiger partial charge in [-0.25, -0.2) is 0 Å². The van der Waals surface area contributed by atoms with Crippen molar-refractivity contribution in [3.05, 3.63) is 0 Å². The molecule has 0 amide bonds. The predicted molar refractivity (Wildman–Crippen MR) is 221 cm³/mol. The van der Waals surface area contributed by atoms with Gasteiger partial charge in [0.15, 0.2) is 0 Å². The van der Waals surface area contributed by atoms with Crippen LogP contribution in [0, 0.1) is 0 Å². The number of unbranched alkanes of at least 4 members (excludes halogenated alkanes) is 39. The van der Waals surface area contributed by atoms with Crippen LogP contribution in [-0.4, -0.2) is 11.9 Å². The third-order valence-corrected chi connectivity index (χ3v) is 10.9. The zero-order valence-electron chi connectivity index (χ0n) is 34.6. The molecule has 0 saturated carbocycles. The molecule has 0 fully saturated rings. The topological polar surface area (TPSA) is 43.4 Å². The molecule has 3 nitrogen and oxygen atoms in total. The average molecular weight is 705 g/mol. The van der Waals surface area contributed by atoms with Crippen molar-refractivity contribution in [2.75, 3.05) is 0 Å². The molecule has 0 rings (SSSR count). The molecule has 0 saturated heterocycles. The smallest absolute Gasteiger partial charge is 0.313 e. The maximum atomic E-state index is 12.0. The van der Waals surface area contributed by atoms with E-state index < -0.39 is 0 Å². The van der Waals surface area contributed by atoms with Gasteiger partial charge in [0.05, 0.1) is 0 Å². The lowest BCUT2D eigenvalue weighted by molar-refractivity contribution is -0.159. The lowest BCUT2D eigenvalue weighted by Gasteiger charge is -2.05. The van der Waals surface area contributed by atoms with Gasteiger partial charge in [0, 0.05) is 12.8 Å². The highest BCUT2D eigenvalue weighted by atomic mass is 16.6. The Morgan fingerprint density at radius 2 is 0.380 bits per heavy atom. The van der Waals surface area contributed by atoms with Gasteiger partial charge in [0.25, 0.3) is 0 Å². The van der Waals surface area contributed by atoms with E-state index in [1.807, 2.05) is 0 Å². The fourth-order valence-corrected chi connectivity index (χ4v) is 7.45. The summed E-state index contributed by atoms with van der Waals surface area (Å²) in [7, 11) is 0. The Bertz CT molecular complexity index is 659. The minimum absolute atomic E-state index is 0.319. The number of hydrogen-bond donors (Lipinski definition) is 0. The molecular formula is C47H92O3. The van der Waals surface area contributed by atoms with Crippen molar-refractivity contribution in [2.24, 2.45) is 0 Å². The van der Waals surface area contributed by atoms with E-state index in [0.29, 0.717) is 12.8 Å². The first-order valence-electron chi connectivity index (χ1n) is 23.4. The number of esters is 2. The van der Waals surface area contributed by atoms with Gasteiger partial charge in [0.1, 0.15) is 0 Å². The minimum Gasteiger partial charge on any atom is -0.393 e. The van der Waals surface area contributed by atoms with Crippen molar-refractivity contribution in [2.45, 2.75) is 290 Å². The Hall–Kier alpha value is -0.860. The Morgan fingerprint density at radius 1 is 0.240 bits per heavy atom. The first kappa shape index (κ1) is 49.1. The Balaban J connectivity index is 3.24. The van der Waals surface area contributed by atoms with Crippen LogP contribution < -0.4 is 0 Å². The summed E-state index contributed by atoms with van der Waals surface area (Å²) in [5, 5.41) is 0. The molecule has 0 heterocycles. The zero-order valence-corrected chi connectivity index (χ0v) is 34.6. The number of carbonyl (C=O) groups is 2. The van der Waals surface area contributed by atoms with Gasteiger partial charge in [-0.15, -0.1) is 0 Å². The second-order valence-electron chi connectivity index (χ2n) is 16.1. The monoisotopic (exact) mass is 705 g/mol. The van der Waals surface area contributed by atoms with Crippen LogP contribution in [0.4, 0.5) is 0 Å². The highest BCUT2D eigenvalue weighted by Gasteiger charge is 2.10. The molecule has 0 unspecified atom stereocenters. The summed E-state index contributed by atoms with van der Waals surface area (Å²) in [5.74, 6) is -0.637. The molecule has 3 heteroatoms. The highest BCUT2D eigenvalue weighted by Crippen LogP contribution is 2.17. The molecule has 0 aromatic heterocycles. The molecule has 0 bridgehead atoms. The Labute approximate surface area is 315 Å². The summed E-state index contributed by atoms with van der Waals surface area (Å²) < 4.78 is 5.06. The molecule has 298 valence electrons. The Morgan fingerprint density at radius 3 is 0.540 bits per heavy atom. The summed E-state index contributed by atoms with van der Waals surface area (Å²) >= 11 is 0. The van der Waals surface area contributed by atoms with Gasteiger partial charge in [-0.05, 0) is 12.8 Å². The molecule has 50 heavy (non-hydrogen) atoms. The number of hydrogen-bond acceptors (Lipinski definition) is 3. The van der Waals surface area contributed by atoms with E-state index in [0.717, 1.165) is 25.7 Å². The number of ether oxygens (including phenoxy) is 1. The summed E-state index contributed by atoms with van der Waals surface area (Å²) in [6.07, 6.45) is 56.3. The summed E-state index contributed by atoms with van der Waals surface area (Å²) in [6, 6.07) is 0. The maximum Gasteiger partial charge on any atom is 0.313 e. The van der Waals surface area contributed by atoms with E-state index in [1.54, 1.807) is 0 Å². The molecule has 0 aromatic carbocycles. The normalized spacial score (nSPS) is 11.4. The highest BCUT2D eigenvalue weighted by molar-refractivity contribution is 5.85. The van der Waals surface area contributed by atoms with Crippen LogP contribution in [0.15, 0.2) is 0 Å². The lowest BCUT2D eigenvalue weighted by atomic mass is 10.0. The Kier molecular flexibility index (Phi) is 43.5. The van der Waals surface area contributed by atoms with E-state index >= 15 is 0 Å². The summed E-state index contributed by atoms with van der Waals surface area (Å²) in [6.45, 7) is 4.59. The largest absolute Gasteiger partial charge is 0.393 e. The van der Waals surface area contributed by atoms with Gasteiger partial charge < -0.3 is 4.74 Å². The van der Waals surface area contributed by atoms with Gasteiger partial charge in [-0.1, -0.05) is 264 Å². The first-order chi connectivity index (χ1) is 24.7. The molecule has 0 aliphatic carbocycles. The molecule has 0 aromatic rings. The van der Waals surface area contributed by atoms with Crippen molar-refractivity contribution in [1.29, 1.82) is 0 Å². The lowest BCUT2D eigenvalue weighted by Crippen LogP contribution is -2.11. The first-order valence-corrected chi connectivity index (χ1v) is 23.4. The van der Waals surface area contributed by atoms with Gasteiger partial charge >= 0.3 is 11.9 Å². The van der Waals surface area contributed by atoms with Crippen molar-refractivity contribution in [1.82, 2.24) is 0 Å². The average Bonchev–Trinajstić information content (AvgIpc) is 3.11. The summed E-state index contributed by atoms with van der Waals surface area (Å²) in [4.78, 5) is 24.0. The zero-order chi connectivity index (χ0) is 36.3. The van der Waals surface area contributed by atoms with Crippen LogP contribution in [0.1, 0.15) is 290 Å². The van der Waals surface area contributed by atoms with E-state index in [4.69, 9.17) is 4.74 Å². The van der Waals surface area contributed by atoms with Gasteiger partial charge in [-0.3, -0.25) is 9.59 Å². The molecule has 0 atom stereocenters. The quantitative estimate of drug-likeness (QED) is 0.0360. The maximum absolute atomic E-state index is 12.0. The van der Waals surface area contributed by atoms with Crippen LogP contribution >= 0.6 is 0 Å². The predicted octanol–water partition coefficient (Wildman–Crippen LogP) is 16.9. The molecule has 0 aliphatic rings. The number of rotatable bonds is 43. The van der Waals surface area contributed by atoms with Crippen molar-refractivity contribution in [3.63, 3.8) is 0 Å². The molecule has 0 aliphatic heterocycles. The van der Waals surface area contributed by atoms with Crippen molar-refractivity contribution < 1.29 is 14.3 Å². The van der Waals surface area contributed by atoms with E-state index in [2.05, 4.69) is 13.8 Å². The van der Waals surface area contributed by atoms with Crippen LogP contribution in [-0.2, 0) is 14.3 Å².